The Morgan fingerprint density at radius 2 is 2.05 bits per heavy atom. The highest BCUT2D eigenvalue weighted by atomic mass is 16.5. The summed E-state index contributed by atoms with van der Waals surface area (Å²) in [5.74, 6) is 1.11. The highest BCUT2D eigenvalue weighted by Crippen LogP contribution is 2.32. The van der Waals surface area contributed by atoms with Gasteiger partial charge in [-0.3, -0.25) is 4.79 Å². The van der Waals surface area contributed by atoms with Gasteiger partial charge in [-0.25, -0.2) is 0 Å². The van der Waals surface area contributed by atoms with Crippen LogP contribution in [0.5, 0.6) is 0 Å². The quantitative estimate of drug-likeness (QED) is 0.755. The molecule has 116 valence electrons. The van der Waals surface area contributed by atoms with Gasteiger partial charge in [0.1, 0.15) is 6.61 Å². The predicted octanol–water partition coefficient (Wildman–Crippen LogP) is 2.30. The van der Waals surface area contributed by atoms with Crippen molar-refractivity contribution in [3.05, 3.63) is 35.9 Å². The van der Waals surface area contributed by atoms with Gasteiger partial charge in [-0.1, -0.05) is 37.3 Å². The predicted molar refractivity (Wildman–Crippen MR) is 82.2 cm³/mol. The maximum Gasteiger partial charge on any atom is 0.248 e. The van der Waals surface area contributed by atoms with Crippen molar-refractivity contribution in [3.8, 4) is 0 Å². The molecule has 0 unspecified atom stereocenters. The Kier molecular flexibility index (Phi) is 6.21. The Hall–Kier alpha value is -1.39. The number of nitrogens with zero attached hydrogens (tertiary/aromatic N) is 1. The van der Waals surface area contributed by atoms with Gasteiger partial charge in [0.05, 0.1) is 13.2 Å². The van der Waals surface area contributed by atoms with E-state index in [2.05, 4.69) is 31.2 Å². The number of methoxy groups -OCH3 is 1. The minimum Gasteiger partial charge on any atom is -0.382 e. The first-order chi connectivity index (χ1) is 10.2. The number of carbonyl (C=O) groups is 1. The highest BCUT2D eigenvalue weighted by Gasteiger charge is 2.29. The third-order valence-corrected chi connectivity index (χ3v) is 4.14. The second-order valence-electron chi connectivity index (χ2n) is 5.67. The topological polar surface area (TPSA) is 38.8 Å². The zero-order valence-corrected chi connectivity index (χ0v) is 13.0. The molecule has 4 nitrogen and oxygen atoms in total. The first kappa shape index (κ1) is 16.0. The van der Waals surface area contributed by atoms with Gasteiger partial charge in [-0.05, 0) is 23.8 Å². The molecule has 1 amide bonds. The van der Waals surface area contributed by atoms with E-state index in [9.17, 15) is 4.79 Å². The van der Waals surface area contributed by atoms with Crippen molar-refractivity contribution in [2.24, 2.45) is 5.92 Å². The van der Waals surface area contributed by atoms with Crippen molar-refractivity contribution in [2.45, 2.75) is 19.3 Å². The highest BCUT2D eigenvalue weighted by molar-refractivity contribution is 5.77. The van der Waals surface area contributed by atoms with E-state index < -0.39 is 0 Å². The van der Waals surface area contributed by atoms with Crippen molar-refractivity contribution in [2.75, 3.05) is 40.0 Å². The van der Waals surface area contributed by atoms with E-state index >= 15 is 0 Å². The summed E-state index contributed by atoms with van der Waals surface area (Å²) in [7, 11) is 1.63. The van der Waals surface area contributed by atoms with E-state index in [1.165, 1.54) is 5.56 Å². The zero-order valence-electron chi connectivity index (χ0n) is 13.0. The van der Waals surface area contributed by atoms with Crippen LogP contribution >= 0.6 is 0 Å². The fourth-order valence-electron chi connectivity index (χ4n) is 2.96. The van der Waals surface area contributed by atoms with Crippen LogP contribution in [0.3, 0.4) is 0 Å². The molecule has 0 aliphatic carbocycles. The van der Waals surface area contributed by atoms with Gasteiger partial charge in [-0.2, -0.15) is 0 Å². The molecular weight excluding hydrogens is 266 g/mol. The van der Waals surface area contributed by atoms with E-state index in [1.807, 2.05) is 11.0 Å². The molecule has 1 aliphatic heterocycles. The molecule has 2 rings (SSSR count). The molecule has 1 heterocycles. The van der Waals surface area contributed by atoms with Gasteiger partial charge in [0.25, 0.3) is 0 Å². The van der Waals surface area contributed by atoms with Gasteiger partial charge < -0.3 is 14.4 Å². The van der Waals surface area contributed by atoms with Crippen LogP contribution < -0.4 is 0 Å². The lowest BCUT2D eigenvalue weighted by atomic mass is 9.81. The molecule has 1 aliphatic rings. The van der Waals surface area contributed by atoms with Crippen molar-refractivity contribution < 1.29 is 14.3 Å². The summed E-state index contributed by atoms with van der Waals surface area (Å²) in [6, 6.07) is 10.6. The summed E-state index contributed by atoms with van der Waals surface area (Å²) < 4.78 is 10.2. The van der Waals surface area contributed by atoms with Crippen molar-refractivity contribution in [1.29, 1.82) is 0 Å². The van der Waals surface area contributed by atoms with Crippen LogP contribution in [0.1, 0.15) is 24.8 Å². The average Bonchev–Trinajstić information content (AvgIpc) is 2.52. The van der Waals surface area contributed by atoms with Gasteiger partial charge in [0.2, 0.25) is 5.91 Å². The summed E-state index contributed by atoms with van der Waals surface area (Å²) in [6.45, 7) is 5.01. The zero-order chi connectivity index (χ0) is 15.1. The van der Waals surface area contributed by atoms with Crippen molar-refractivity contribution in [1.82, 2.24) is 4.90 Å². The molecule has 1 aromatic rings. The second kappa shape index (κ2) is 8.15. The standard InChI is InChI=1S/C17H25NO3/c1-14-12-18(17(19)13-21-11-10-20-2)9-8-16(14)15-6-4-3-5-7-15/h3-7,14,16H,8-13H2,1-2H3/t14-,16-/m0/s1. The Bertz CT molecular complexity index is 435. The lowest BCUT2D eigenvalue weighted by molar-refractivity contribution is -0.138. The lowest BCUT2D eigenvalue weighted by Gasteiger charge is -2.37. The van der Waals surface area contributed by atoms with Crippen molar-refractivity contribution >= 4 is 5.91 Å². The van der Waals surface area contributed by atoms with E-state index in [-0.39, 0.29) is 12.5 Å². The van der Waals surface area contributed by atoms with E-state index in [4.69, 9.17) is 9.47 Å². The molecule has 1 aromatic carbocycles. The van der Waals surface area contributed by atoms with Crippen LogP contribution in [0.15, 0.2) is 30.3 Å². The Balaban J connectivity index is 1.81. The summed E-state index contributed by atoms with van der Waals surface area (Å²) in [5.41, 5.74) is 1.38. The fraction of sp³-hybridized carbons (Fsp3) is 0.588. The van der Waals surface area contributed by atoms with E-state index in [0.717, 1.165) is 19.5 Å². The van der Waals surface area contributed by atoms with E-state index in [1.54, 1.807) is 7.11 Å². The van der Waals surface area contributed by atoms with E-state index in [0.29, 0.717) is 25.0 Å². The van der Waals surface area contributed by atoms with Crippen LogP contribution in [0.25, 0.3) is 0 Å². The van der Waals surface area contributed by atoms with Crippen LogP contribution in [-0.4, -0.2) is 50.8 Å². The summed E-state index contributed by atoms with van der Waals surface area (Å²) in [4.78, 5) is 14.0. The number of ether oxygens (including phenoxy) is 2. The largest absolute Gasteiger partial charge is 0.382 e. The molecule has 0 radical (unpaired) electrons. The smallest absolute Gasteiger partial charge is 0.248 e. The number of benzene rings is 1. The molecule has 0 spiro atoms. The van der Waals surface area contributed by atoms with Crippen LogP contribution in [0.4, 0.5) is 0 Å². The maximum absolute atomic E-state index is 12.1. The van der Waals surface area contributed by atoms with Gasteiger partial charge in [-0.15, -0.1) is 0 Å². The number of hydrogen-bond donors (Lipinski definition) is 0. The molecule has 21 heavy (non-hydrogen) atoms. The first-order valence-electron chi connectivity index (χ1n) is 7.61. The number of hydrogen-bond acceptors (Lipinski definition) is 3. The average molecular weight is 291 g/mol. The van der Waals surface area contributed by atoms with Crippen LogP contribution in [0.2, 0.25) is 0 Å². The minimum atomic E-state index is 0.0875. The molecular formula is C17H25NO3. The van der Waals surface area contributed by atoms with Gasteiger partial charge >= 0.3 is 0 Å². The molecule has 1 fully saturated rings. The number of rotatable bonds is 6. The molecule has 0 bridgehead atoms. The molecule has 0 aromatic heterocycles. The Morgan fingerprint density at radius 3 is 2.71 bits per heavy atom. The second-order valence-corrected chi connectivity index (χ2v) is 5.67. The fourth-order valence-corrected chi connectivity index (χ4v) is 2.96. The Morgan fingerprint density at radius 1 is 1.29 bits per heavy atom. The van der Waals surface area contributed by atoms with Crippen LogP contribution in [0, 0.1) is 5.92 Å². The van der Waals surface area contributed by atoms with Gasteiger partial charge in [0, 0.05) is 20.2 Å². The monoisotopic (exact) mass is 291 g/mol. The maximum atomic E-state index is 12.1. The molecule has 2 atom stereocenters. The SMILES string of the molecule is COCCOCC(=O)N1CC[C@H](c2ccccc2)[C@@H](C)C1. The number of likely N-dealkylation sites (tertiary alicyclic amines) is 1. The summed E-state index contributed by atoms with van der Waals surface area (Å²) >= 11 is 0. The van der Waals surface area contributed by atoms with Crippen LogP contribution in [-0.2, 0) is 14.3 Å². The number of piperidine rings is 1. The molecule has 0 N–H and O–H groups in total. The molecule has 0 saturated carbocycles. The van der Waals surface area contributed by atoms with Gasteiger partial charge in [0.15, 0.2) is 0 Å². The number of amides is 1. The van der Waals surface area contributed by atoms with Crippen molar-refractivity contribution in [3.63, 3.8) is 0 Å². The summed E-state index contributed by atoms with van der Waals surface area (Å²) in [6.07, 6.45) is 1.02. The first-order valence-corrected chi connectivity index (χ1v) is 7.61. The third-order valence-electron chi connectivity index (χ3n) is 4.14. The summed E-state index contributed by atoms with van der Waals surface area (Å²) in [5, 5.41) is 0. The normalized spacial score (nSPS) is 22.3. The third kappa shape index (κ3) is 4.55. The Labute approximate surface area is 127 Å². The number of carbonyl (C=O) groups excluding carboxylic acids is 1. The minimum absolute atomic E-state index is 0.0875. The molecule has 1 saturated heterocycles. The lowest BCUT2D eigenvalue weighted by Crippen LogP contribution is -2.43. The molecule has 4 heteroatoms.